The van der Waals surface area contributed by atoms with E-state index in [9.17, 15) is 9.59 Å². The van der Waals surface area contributed by atoms with Crippen molar-refractivity contribution in [2.75, 3.05) is 17.7 Å². The lowest BCUT2D eigenvalue weighted by molar-refractivity contribution is -0.113. The molecule has 0 spiro atoms. The zero-order chi connectivity index (χ0) is 17.8. The fourth-order valence-electron chi connectivity index (χ4n) is 2.40. The number of thioether (sulfide) groups is 1. The number of thiophene rings is 1. The van der Waals surface area contributed by atoms with E-state index in [1.54, 1.807) is 19.2 Å². The average Bonchev–Trinajstić information content (AvgIpc) is 3.19. The van der Waals surface area contributed by atoms with Gasteiger partial charge in [0.2, 0.25) is 5.91 Å². The number of nitrogens with one attached hydrogen (secondary N) is 1. The van der Waals surface area contributed by atoms with Crippen molar-refractivity contribution in [3.63, 3.8) is 0 Å². The van der Waals surface area contributed by atoms with Crippen molar-refractivity contribution in [2.24, 2.45) is 0 Å². The van der Waals surface area contributed by atoms with Crippen molar-refractivity contribution in [1.82, 2.24) is 9.55 Å². The van der Waals surface area contributed by atoms with Crippen LogP contribution in [0.15, 0.2) is 23.6 Å². The highest BCUT2D eigenvalue weighted by Gasteiger charge is 2.26. The van der Waals surface area contributed by atoms with Crippen molar-refractivity contribution in [3.8, 4) is 0 Å². The number of carbonyl (C=O) groups excluding carboxylic acids is 2. The molecule has 2 aromatic heterocycles. The first kappa shape index (κ1) is 18.0. The summed E-state index contributed by atoms with van der Waals surface area (Å²) in [6.45, 7) is 4.09. The summed E-state index contributed by atoms with van der Waals surface area (Å²) in [7, 11) is 0. The first-order valence-electron chi connectivity index (χ1n) is 8.37. The van der Waals surface area contributed by atoms with E-state index in [0.29, 0.717) is 23.2 Å². The summed E-state index contributed by atoms with van der Waals surface area (Å²) in [6.07, 6.45) is 6.89. The van der Waals surface area contributed by atoms with Gasteiger partial charge in [0.15, 0.2) is 5.16 Å². The van der Waals surface area contributed by atoms with E-state index < -0.39 is 5.97 Å². The number of rotatable bonds is 8. The van der Waals surface area contributed by atoms with Crippen LogP contribution < -0.4 is 5.32 Å². The summed E-state index contributed by atoms with van der Waals surface area (Å²) in [5.74, 6) is -0.290. The van der Waals surface area contributed by atoms with Crippen LogP contribution in [0.3, 0.4) is 0 Å². The van der Waals surface area contributed by atoms with E-state index in [1.807, 2.05) is 13.1 Å². The number of hydrogen-bond donors (Lipinski definition) is 1. The number of aryl methyl sites for hydroxylation is 1. The molecule has 0 aliphatic heterocycles. The molecular formula is C17H21N3O3S2. The highest BCUT2D eigenvalue weighted by molar-refractivity contribution is 7.99. The molecule has 2 heterocycles. The minimum atomic E-state index is -0.398. The smallest absolute Gasteiger partial charge is 0.341 e. The van der Waals surface area contributed by atoms with Gasteiger partial charge in [0, 0.05) is 23.3 Å². The molecule has 0 atom stereocenters. The van der Waals surface area contributed by atoms with Gasteiger partial charge in [0.1, 0.15) is 5.00 Å². The SMILES string of the molecule is CCOC(=O)c1cc(CC)sc1NC(=O)CSc1nccn1C1CC1. The number of aromatic nitrogens is 2. The number of ether oxygens (including phenoxy) is 1. The highest BCUT2D eigenvalue weighted by Crippen LogP contribution is 2.37. The Morgan fingerprint density at radius 3 is 2.92 bits per heavy atom. The maximum atomic E-state index is 12.3. The molecule has 0 aromatic carbocycles. The number of amides is 1. The van der Waals surface area contributed by atoms with Crippen LogP contribution in [0.5, 0.6) is 0 Å². The molecule has 1 aliphatic carbocycles. The van der Waals surface area contributed by atoms with Gasteiger partial charge in [-0.1, -0.05) is 18.7 Å². The van der Waals surface area contributed by atoms with Gasteiger partial charge in [-0.15, -0.1) is 11.3 Å². The van der Waals surface area contributed by atoms with E-state index in [0.717, 1.165) is 16.5 Å². The van der Waals surface area contributed by atoms with Gasteiger partial charge in [-0.3, -0.25) is 4.79 Å². The average molecular weight is 380 g/mol. The lowest BCUT2D eigenvalue weighted by Gasteiger charge is -2.07. The Bertz CT molecular complexity index is 765. The molecule has 25 heavy (non-hydrogen) atoms. The second-order valence-electron chi connectivity index (χ2n) is 5.71. The Hall–Kier alpha value is -1.80. The summed E-state index contributed by atoms with van der Waals surface area (Å²) in [5, 5.41) is 4.28. The number of carbonyl (C=O) groups is 2. The Labute approximate surface area is 155 Å². The van der Waals surface area contributed by atoms with Crippen LogP contribution in [0.4, 0.5) is 5.00 Å². The van der Waals surface area contributed by atoms with Gasteiger partial charge < -0.3 is 14.6 Å². The summed E-state index contributed by atoms with van der Waals surface area (Å²) < 4.78 is 7.20. The summed E-state index contributed by atoms with van der Waals surface area (Å²) in [5.41, 5.74) is 0.432. The van der Waals surface area contributed by atoms with Crippen LogP contribution in [0.2, 0.25) is 0 Å². The molecule has 1 saturated carbocycles. The molecule has 0 unspecified atom stereocenters. The third kappa shape index (κ3) is 4.43. The second kappa shape index (κ2) is 8.05. The first-order chi connectivity index (χ1) is 12.1. The number of esters is 1. The lowest BCUT2D eigenvalue weighted by atomic mass is 10.2. The van der Waals surface area contributed by atoms with Gasteiger partial charge in [0.25, 0.3) is 0 Å². The predicted molar refractivity (Wildman–Crippen MR) is 99.5 cm³/mol. The quantitative estimate of drug-likeness (QED) is 0.559. The fraction of sp³-hybridized carbons (Fsp3) is 0.471. The molecule has 0 bridgehead atoms. The number of hydrogen-bond acceptors (Lipinski definition) is 6. The van der Waals surface area contributed by atoms with Crippen molar-refractivity contribution in [3.05, 3.63) is 28.9 Å². The van der Waals surface area contributed by atoms with Gasteiger partial charge in [-0.05, 0) is 32.3 Å². The van der Waals surface area contributed by atoms with Gasteiger partial charge in [-0.2, -0.15) is 0 Å². The van der Waals surface area contributed by atoms with E-state index in [-0.39, 0.29) is 11.7 Å². The van der Waals surface area contributed by atoms with Crippen LogP contribution in [-0.4, -0.2) is 33.8 Å². The van der Waals surface area contributed by atoms with Crippen LogP contribution in [-0.2, 0) is 16.0 Å². The topological polar surface area (TPSA) is 73.2 Å². The molecule has 1 aliphatic rings. The van der Waals surface area contributed by atoms with Crippen LogP contribution in [0, 0.1) is 0 Å². The van der Waals surface area contributed by atoms with Crippen LogP contribution in [0.1, 0.15) is 48.0 Å². The Balaban J connectivity index is 1.63. The summed E-state index contributed by atoms with van der Waals surface area (Å²) >= 11 is 2.84. The minimum Gasteiger partial charge on any atom is -0.462 e. The molecule has 3 rings (SSSR count). The normalized spacial score (nSPS) is 13.7. The van der Waals surface area contributed by atoms with Crippen LogP contribution in [0.25, 0.3) is 0 Å². The summed E-state index contributed by atoms with van der Waals surface area (Å²) in [4.78, 5) is 29.7. The molecule has 2 aromatic rings. The Morgan fingerprint density at radius 2 is 2.24 bits per heavy atom. The largest absolute Gasteiger partial charge is 0.462 e. The monoisotopic (exact) mass is 379 g/mol. The number of nitrogens with zero attached hydrogens (tertiary/aromatic N) is 2. The fourth-order valence-corrected chi connectivity index (χ4v) is 4.23. The Kier molecular flexibility index (Phi) is 5.80. The maximum Gasteiger partial charge on any atom is 0.341 e. The summed E-state index contributed by atoms with van der Waals surface area (Å²) in [6, 6.07) is 2.33. The second-order valence-corrected chi connectivity index (χ2v) is 7.79. The molecule has 134 valence electrons. The van der Waals surface area contributed by atoms with Gasteiger partial charge in [0.05, 0.1) is 17.9 Å². The van der Waals surface area contributed by atoms with Crippen molar-refractivity contribution < 1.29 is 14.3 Å². The van der Waals surface area contributed by atoms with E-state index in [4.69, 9.17) is 4.74 Å². The zero-order valence-electron chi connectivity index (χ0n) is 14.3. The molecule has 8 heteroatoms. The van der Waals surface area contributed by atoms with E-state index in [1.165, 1.54) is 35.9 Å². The standard InChI is InChI=1S/C17H21N3O3S2/c1-3-12-9-13(16(22)23-4-2)15(25-12)19-14(21)10-24-17-18-7-8-20(17)11-5-6-11/h7-9,11H,3-6,10H2,1-2H3,(H,19,21). The molecule has 6 nitrogen and oxygen atoms in total. The number of anilines is 1. The molecule has 1 fully saturated rings. The third-order valence-corrected chi connectivity index (χ3v) is 5.96. The van der Waals surface area contributed by atoms with E-state index >= 15 is 0 Å². The van der Waals surface area contributed by atoms with E-state index in [2.05, 4.69) is 14.9 Å². The maximum absolute atomic E-state index is 12.3. The highest BCUT2D eigenvalue weighted by atomic mass is 32.2. The van der Waals surface area contributed by atoms with Gasteiger partial charge >= 0.3 is 5.97 Å². The zero-order valence-corrected chi connectivity index (χ0v) is 15.9. The molecule has 1 N–H and O–H groups in total. The van der Waals surface area contributed by atoms with Crippen molar-refractivity contribution in [1.29, 1.82) is 0 Å². The van der Waals surface area contributed by atoms with Crippen molar-refractivity contribution in [2.45, 2.75) is 44.3 Å². The van der Waals surface area contributed by atoms with Crippen molar-refractivity contribution >= 4 is 40.0 Å². The number of imidazole rings is 1. The lowest BCUT2D eigenvalue weighted by Crippen LogP contribution is -2.16. The predicted octanol–water partition coefficient (Wildman–Crippen LogP) is 3.75. The van der Waals surface area contributed by atoms with Gasteiger partial charge in [-0.25, -0.2) is 9.78 Å². The third-order valence-electron chi connectivity index (χ3n) is 3.79. The minimum absolute atomic E-state index is 0.148. The molecule has 0 radical (unpaired) electrons. The molecular weight excluding hydrogens is 358 g/mol. The Morgan fingerprint density at radius 1 is 1.44 bits per heavy atom. The molecule has 0 saturated heterocycles. The molecule has 1 amide bonds. The van der Waals surface area contributed by atoms with Crippen LogP contribution >= 0.6 is 23.1 Å². The first-order valence-corrected chi connectivity index (χ1v) is 10.2.